The van der Waals surface area contributed by atoms with Gasteiger partial charge in [0.25, 0.3) is 0 Å². The molecule has 1 N–H and O–H groups in total. The van der Waals surface area contributed by atoms with E-state index in [2.05, 4.69) is 18.7 Å². The second-order valence-electron chi connectivity index (χ2n) is 13.0. The van der Waals surface area contributed by atoms with Crippen LogP contribution >= 0.6 is 0 Å². The summed E-state index contributed by atoms with van der Waals surface area (Å²) in [6.07, 6.45) is 13.5. The summed E-state index contributed by atoms with van der Waals surface area (Å²) >= 11 is 0. The van der Waals surface area contributed by atoms with Crippen molar-refractivity contribution in [3.8, 4) is 0 Å². The highest BCUT2D eigenvalue weighted by Gasteiger charge is 2.62. The predicted octanol–water partition coefficient (Wildman–Crippen LogP) is 5.42. The molecule has 1 aliphatic heterocycles. The van der Waals surface area contributed by atoms with Gasteiger partial charge in [0.15, 0.2) is 0 Å². The van der Waals surface area contributed by atoms with Crippen molar-refractivity contribution in [3.63, 3.8) is 0 Å². The first-order valence-electron chi connectivity index (χ1n) is 13.9. The summed E-state index contributed by atoms with van der Waals surface area (Å²) in [6.45, 7) is 11.3. The van der Waals surface area contributed by atoms with Crippen molar-refractivity contribution >= 4 is 5.97 Å². The van der Waals surface area contributed by atoms with Crippen LogP contribution in [0.25, 0.3) is 0 Å². The van der Waals surface area contributed by atoms with Crippen molar-refractivity contribution in [2.45, 2.75) is 117 Å². The Labute approximate surface area is 195 Å². The Kier molecular flexibility index (Phi) is 6.19. The Hall–Kier alpha value is -0.610. The van der Waals surface area contributed by atoms with E-state index >= 15 is 0 Å². The largest absolute Gasteiger partial charge is 0.462 e. The first-order chi connectivity index (χ1) is 15.2. The van der Waals surface area contributed by atoms with Crippen LogP contribution in [-0.2, 0) is 9.53 Å². The number of hydrogen-bond acceptors (Lipinski definition) is 4. The van der Waals surface area contributed by atoms with Gasteiger partial charge in [0, 0.05) is 6.04 Å². The van der Waals surface area contributed by atoms with E-state index in [0.717, 1.165) is 24.7 Å². The molecule has 1 saturated heterocycles. The lowest BCUT2D eigenvalue weighted by molar-refractivity contribution is -0.166. The van der Waals surface area contributed by atoms with Gasteiger partial charge in [-0.15, -0.1) is 0 Å². The zero-order valence-electron chi connectivity index (χ0n) is 21.0. The Bertz CT molecular complexity index is 703. The number of carbonyl (C=O) groups is 1. The summed E-state index contributed by atoms with van der Waals surface area (Å²) in [6, 6.07) is 0.390. The highest BCUT2D eigenvalue weighted by molar-refractivity contribution is 5.71. The molecule has 0 unspecified atom stereocenters. The molecule has 0 aromatic rings. The quantitative estimate of drug-likeness (QED) is 0.589. The van der Waals surface area contributed by atoms with Gasteiger partial charge in [-0.1, -0.05) is 34.1 Å². The third-order valence-corrected chi connectivity index (χ3v) is 11.2. The minimum atomic E-state index is -0.150. The van der Waals surface area contributed by atoms with E-state index in [-0.39, 0.29) is 29.5 Å². The average Bonchev–Trinajstić information content (AvgIpc) is 3.05. The number of ether oxygens (including phenoxy) is 1. The highest BCUT2D eigenvalue weighted by atomic mass is 16.5. The topological polar surface area (TPSA) is 49.8 Å². The third kappa shape index (κ3) is 3.67. The van der Waals surface area contributed by atoms with Crippen molar-refractivity contribution < 1.29 is 14.6 Å². The normalized spacial score (nSPS) is 49.2. The van der Waals surface area contributed by atoms with Gasteiger partial charge in [-0.3, -0.25) is 9.69 Å². The Morgan fingerprint density at radius 1 is 0.938 bits per heavy atom. The molecule has 5 fully saturated rings. The number of hydrogen-bond donors (Lipinski definition) is 1. The molecule has 4 saturated carbocycles. The third-order valence-electron chi connectivity index (χ3n) is 11.2. The van der Waals surface area contributed by atoms with E-state index in [1.807, 2.05) is 13.8 Å². The lowest BCUT2D eigenvalue weighted by Gasteiger charge is -2.60. The molecule has 1 heterocycles. The van der Waals surface area contributed by atoms with Crippen LogP contribution in [0.3, 0.4) is 0 Å². The summed E-state index contributed by atoms with van der Waals surface area (Å²) in [7, 11) is 0. The lowest BCUT2D eigenvalue weighted by Crippen LogP contribution is -2.55. The Morgan fingerprint density at radius 2 is 1.66 bits per heavy atom. The molecule has 182 valence electrons. The number of esters is 1. The van der Waals surface area contributed by atoms with E-state index < -0.39 is 0 Å². The standard InChI is InChI=1S/C28H47NO3/c1-18(2)26(31)32-20-10-12-27(3)19(16-20)8-9-21-22(27)11-13-28(4)23(21)17-24(25(28)30)29-14-6-5-7-15-29/h18-25,30H,5-17H2,1-4H3/t19-,20+,21+,22-,23-,24-,25-,27-,28-/m0/s1. The van der Waals surface area contributed by atoms with Gasteiger partial charge in [0.2, 0.25) is 0 Å². The van der Waals surface area contributed by atoms with Crippen molar-refractivity contribution in [2.24, 2.45) is 40.4 Å². The number of fused-ring (bicyclic) bond motifs is 5. The molecule has 0 amide bonds. The molecule has 0 bridgehead atoms. The molecule has 0 spiro atoms. The monoisotopic (exact) mass is 445 g/mol. The van der Waals surface area contributed by atoms with Gasteiger partial charge in [-0.25, -0.2) is 0 Å². The number of nitrogens with zero attached hydrogens (tertiary/aromatic N) is 1. The fourth-order valence-electron chi connectivity index (χ4n) is 9.21. The molecule has 0 aromatic heterocycles. The highest BCUT2D eigenvalue weighted by Crippen LogP contribution is 2.66. The first kappa shape index (κ1) is 23.1. The van der Waals surface area contributed by atoms with Crippen LogP contribution in [0.15, 0.2) is 0 Å². The second-order valence-corrected chi connectivity index (χ2v) is 13.0. The summed E-state index contributed by atoms with van der Waals surface area (Å²) in [5.41, 5.74) is 0.496. The molecule has 0 aromatic carbocycles. The number of aliphatic hydroxyl groups is 1. The van der Waals surface area contributed by atoms with Gasteiger partial charge in [-0.05, 0) is 112 Å². The van der Waals surface area contributed by atoms with Crippen molar-refractivity contribution in [3.05, 3.63) is 0 Å². The Balaban J connectivity index is 1.30. The van der Waals surface area contributed by atoms with Crippen LogP contribution in [0, 0.1) is 40.4 Å². The first-order valence-corrected chi connectivity index (χ1v) is 13.9. The fourth-order valence-corrected chi connectivity index (χ4v) is 9.21. The van der Waals surface area contributed by atoms with E-state index in [9.17, 15) is 9.90 Å². The second kappa shape index (κ2) is 8.56. The van der Waals surface area contributed by atoms with Crippen LogP contribution in [0.2, 0.25) is 0 Å². The summed E-state index contributed by atoms with van der Waals surface area (Å²) in [4.78, 5) is 14.8. The van der Waals surface area contributed by atoms with E-state index in [1.54, 1.807) is 0 Å². The predicted molar refractivity (Wildman–Crippen MR) is 127 cm³/mol. The zero-order valence-corrected chi connectivity index (χ0v) is 21.0. The van der Waals surface area contributed by atoms with Crippen LogP contribution in [0.5, 0.6) is 0 Å². The molecule has 4 heteroatoms. The average molecular weight is 446 g/mol. The maximum Gasteiger partial charge on any atom is 0.308 e. The molecule has 5 aliphatic rings. The molecule has 4 aliphatic carbocycles. The molecular formula is C28H47NO3. The number of rotatable bonds is 3. The SMILES string of the molecule is CC(C)C(=O)O[C@@H]1CC[C@@]2(C)[C@@H](CC[C@@H]3[C@@H]2CC[C@]2(C)[C@@H](O)[C@@H](N4CCCCC4)C[C@@H]32)C1. The summed E-state index contributed by atoms with van der Waals surface area (Å²) in [5, 5.41) is 11.6. The van der Waals surface area contributed by atoms with Crippen LogP contribution in [0.4, 0.5) is 0 Å². The zero-order chi connectivity index (χ0) is 22.7. The smallest absolute Gasteiger partial charge is 0.308 e. The molecule has 0 radical (unpaired) electrons. The molecular weight excluding hydrogens is 398 g/mol. The van der Waals surface area contributed by atoms with Gasteiger partial charge in [-0.2, -0.15) is 0 Å². The van der Waals surface area contributed by atoms with Gasteiger partial charge < -0.3 is 9.84 Å². The lowest BCUT2D eigenvalue weighted by atomic mass is 9.45. The fraction of sp³-hybridized carbons (Fsp3) is 0.964. The van der Waals surface area contributed by atoms with Crippen LogP contribution in [0.1, 0.15) is 98.3 Å². The minimum absolute atomic E-state index is 0.0237. The van der Waals surface area contributed by atoms with Gasteiger partial charge >= 0.3 is 5.97 Å². The minimum Gasteiger partial charge on any atom is -0.462 e. The maximum absolute atomic E-state index is 12.2. The van der Waals surface area contributed by atoms with Crippen LogP contribution < -0.4 is 0 Å². The van der Waals surface area contributed by atoms with Crippen LogP contribution in [-0.4, -0.2) is 47.3 Å². The number of likely N-dealkylation sites (tertiary alicyclic amines) is 1. The van der Waals surface area contributed by atoms with E-state index in [0.29, 0.717) is 23.3 Å². The summed E-state index contributed by atoms with van der Waals surface area (Å²) < 4.78 is 5.89. The number of piperidine rings is 1. The van der Waals surface area contributed by atoms with E-state index in [1.165, 1.54) is 70.9 Å². The maximum atomic E-state index is 12.2. The molecule has 32 heavy (non-hydrogen) atoms. The number of carbonyl (C=O) groups excluding carboxylic acids is 1. The van der Waals surface area contributed by atoms with Gasteiger partial charge in [0.1, 0.15) is 6.10 Å². The number of aliphatic hydroxyl groups excluding tert-OH is 1. The van der Waals surface area contributed by atoms with Crippen molar-refractivity contribution in [1.29, 1.82) is 0 Å². The van der Waals surface area contributed by atoms with Crippen molar-refractivity contribution in [2.75, 3.05) is 13.1 Å². The van der Waals surface area contributed by atoms with E-state index in [4.69, 9.17) is 4.74 Å². The molecule has 5 rings (SSSR count). The molecule has 9 atom stereocenters. The Morgan fingerprint density at radius 3 is 2.38 bits per heavy atom. The van der Waals surface area contributed by atoms with Crippen molar-refractivity contribution in [1.82, 2.24) is 4.90 Å². The molecule has 4 nitrogen and oxygen atoms in total. The summed E-state index contributed by atoms with van der Waals surface area (Å²) in [5.74, 6) is 2.87. The van der Waals surface area contributed by atoms with Gasteiger partial charge in [0.05, 0.1) is 12.0 Å².